The zero-order chi connectivity index (χ0) is 22.3. The molecule has 0 radical (unpaired) electrons. The Kier molecular flexibility index (Phi) is 11.4. The molecule has 2 atom stereocenters. The summed E-state index contributed by atoms with van der Waals surface area (Å²) in [7, 11) is 0. The van der Waals surface area contributed by atoms with E-state index in [1.165, 1.54) is 0 Å². The highest BCUT2D eigenvalue weighted by Gasteiger charge is 2.20. The minimum atomic E-state index is -0.275. The van der Waals surface area contributed by atoms with Crippen molar-refractivity contribution in [2.45, 2.75) is 58.8 Å². The molecule has 0 aliphatic heterocycles. The number of benzene rings is 2. The molecule has 0 amide bonds. The van der Waals surface area contributed by atoms with E-state index in [-0.39, 0.29) is 23.8 Å². The molecule has 2 rings (SSSR count). The lowest BCUT2D eigenvalue weighted by Gasteiger charge is -2.23. The molecule has 168 valence electrons. The van der Waals surface area contributed by atoms with Crippen LogP contribution in [-0.4, -0.2) is 25.2 Å². The average Bonchev–Trinajstić information content (AvgIpc) is 2.82. The Morgan fingerprint density at radius 2 is 1.06 bits per heavy atom. The van der Waals surface area contributed by atoms with Crippen molar-refractivity contribution in [1.82, 2.24) is 0 Å². The fourth-order valence-corrected chi connectivity index (χ4v) is 3.70. The van der Waals surface area contributed by atoms with Crippen LogP contribution in [-0.2, 0) is 9.47 Å². The summed E-state index contributed by atoms with van der Waals surface area (Å²) < 4.78 is 11.3. The van der Waals surface area contributed by atoms with E-state index >= 15 is 0 Å². The zero-order valence-corrected chi connectivity index (χ0v) is 18.9. The highest BCUT2D eigenvalue weighted by Crippen LogP contribution is 2.24. The quantitative estimate of drug-likeness (QED) is 0.317. The zero-order valence-electron chi connectivity index (χ0n) is 18.9. The summed E-state index contributed by atoms with van der Waals surface area (Å²) in [6.07, 6.45) is 7.30. The molecular formula is C27H36O4. The molecule has 0 N–H and O–H groups in total. The molecule has 0 fully saturated rings. The summed E-state index contributed by atoms with van der Waals surface area (Å²) in [6, 6.07) is 18.2. The third kappa shape index (κ3) is 9.37. The summed E-state index contributed by atoms with van der Waals surface area (Å²) in [5.74, 6) is -0.0137. The summed E-state index contributed by atoms with van der Waals surface area (Å²) in [5, 5.41) is 0. The molecule has 0 bridgehead atoms. The normalized spacial score (nSPS) is 12.7. The number of rotatable bonds is 14. The molecule has 0 spiro atoms. The Hall–Kier alpha value is -2.62. The molecule has 0 saturated carbocycles. The number of unbranched alkanes of at least 4 members (excludes halogenated alkanes) is 2. The Bertz CT molecular complexity index is 692. The van der Waals surface area contributed by atoms with Crippen molar-refractivity contribution in [3.63, 3.8) is 0 Å². The van der Waals surface area contributed by atoms with E-state index < -0.39 is 0 Å². The number of hydrogen-bond acceptors (Lipinski definition) is 4. The number of hydrogen-bond donors (Lipinski definition) is 0. The fraction of sp³-hybridized carbons (Fsp3) is 0.481. The molecule has 2 aromatic rings. The minimum absolute atomic E-state index is 0.268. The summed E-state index contributed by atoms with van der Waals surface area (Å²) >= 11 is 0. The number of carbonyl (C=O) groups excluding carboxylic acids is 2. The SMILES string of the molecule is CCCCC(COC(=O)c1ccccc1)CC(CCCC)COC(=O)c1ccccc1. The van der Waals surface area contributed by atoms with Gasteiger partial charge in [0.05, 0.1) is 24.3 Å². The van der Waals surface area contributed by atoms with Crippen molar-refractivity contribution < 1.29 is 19.1 Å². The smallest absolute Gasteiger partial charge is 0.338 e. The van der Waals surface area contributed by atoms with Gasteiger partial charge in [-0.15, -0.1) is 0 Å². The maximum absolute atomic E-state index is 12.4. The predicted molar refractivity (Wildman–Crippen MR) is 124 cm³/mol. The average molecular weight is 425 g/mol. The van der Waals surface area contributed by atoms with E-state index in [1.54, 1.807) is 24.3 Å². The van der Waals surface area contributed by atoms with Gasteiger partial charge in [-0.3, -0.25) is 0 Å². The van der Waals surface area contributed by atoms with Crippen LogP contribution in [0.1, 0.15) is 79.5 Å². The lowest BCUT2D eigenvalue weighted by Crippen LogP contribution is -2.21. The first-order valence-corrected chi connectivity index (χ1v) is 11.6. The predicted octanol–water partition coefficient (Wildman–Crippen LogP) is 6.70. The second-order valence-corrected chi connectivity index (χ2v) is 8.18. The van der Waals surface area contributed by atoms with Crippen molar-refractivity contribution in [1.29, 1.82) is 0 Å². The van der Waals surface area contributed by atoms with Crippen LogP contribution >= 0.6 is 0 Å². The number of carbonyl (C=O) groups is 2. The molecule has 2 aromatic carbocycles. The van der Waals surface area contributed by atoms with Gasteiger partial charge in [0.1, 0.15) is 0 Å². The standard InChI is InChI=1S/C27H36O4/c1-3-5-13-22(20-30-26(28)24-15-9-7-10-16-24)19-23(14-6-4-2)21-31-27(29)25-17-11-8-12-18-25/h7-12,15-18,22-23H,3-6,13-14,19-21H2,1-2H3. The third-order valence-corrected chi connectivity index (χ3v) is 5.52. The van der Waals surface area contributed by atoms with Crippen LogP contribution in [0.3, 0.4) is 0 Å². The van der Waals surface area contributed by atoms with Gasteiger partial charge < -0.3 is 9.47 Å². The van der Waals surface area contributed by atoms with Crippen LogP contribution in [0.5, 0.6) is 0 Å². The second-order valence-electron chi connectivity index (χ2n) is 8.18. The molecule has 0 aliphatic carbocycles. The number of esters is 2. The van der Waals surface area contributed by atoms with E-state index in [4.69, 9.17) is 9.47 Å². The third-order valence-electron chi connectivity index (χ3n) is 5.52. The van der Waals surface area contributed by atoms with Gasteiger partial charge >= 0.3 is 11.9 Å². The summed E-state index contributed by atoms with van der Waals surface area (Å²) in [4.78, 5) is 24.7. The van der Waals surface area contributed by atoms with Crippen LogP contribution in [0.2, 0.25) is 0 Å². The van der Waals surface area contributed by atoms with Crippen LogP contribution in [0, 0.1) is 11.8 Å². The van der Waals surface area contributed by atoms with Crippen molar-refractivity contribution in [2.75, 3.05) is 13.2 Å². The molecule has 2 unspecified atom stereocenters. The first-order valence-electron chi connectivity index (χ1n) is 11.6. The van der Waals surface area contributed by atoms with E-state index in [0.29, 0.717) is 24.3 Å². The van der Waals surface area contributed by atoms with Crippen LogP contribution in [0.25, 0.3) is 0 Å². The first kappa shape index (κ1) is 24.6. The van der Waals surface area contributed by atoms with Gasteiger partial charge in [-0.2, -0.15) is 0 Å². The molecule has 0 aliphatic rings. The topological polar surface area (TPSA) is 52.6 Å². The highest BCUT2D eigenvalue weighted by atomic mass is 16.5. The largest absolute Gasteiger partial charge is 0.462 e. The monoisotopic (exact) mass is 424 g/mol. The lowest BCUT2D eigenvalue weighted by atomic mass is 9.88. The molecule has 4 heteroatoms. The molecule has 0 saturated heterocycles. The lowest BCUT2D eigenvalue weighted by molar-refractivity contribution is 0.0333. The van der Waals surface area contributed by atoms with E-state index in [2.05, 4.69) is 13.8 Å². The van der Waals surface area contributed by atoms with Crippen LogP contribution in [0.15, 0.2) is 60.7 Å². The fourth-order valence-electron chi connectivity index (χ4n) is 3.70. The highest BCUT2D eigenvalue weighted by molar-refractivity contribution is 5.89. The Morgan fingerprint density at radius 3 is 1.42 bits per heavy atom. The van der Waals surface area contributed by atoms with E-state index in [0.717, 1.165) is 44.9 Å². The Morgan fingerprint density at radius 1 is 0.677 bits per heavy atom. The summed E-state index contributed by atoms with van der Waals surface area (Å²) in [6.45, 7) is 5.15. The van der Waals surface area contributed by atoms with Gasteiger partial charge in [0.2, 0.25) is 0 Å². The van der Waals surface area contributed by atoms with Crippen molar-refractivity contribution >= 4 is 11.9 Å². The Labute approximate surface area is 187 Å². The van der Waals surface area contributed by atoms with Crippen LogP contribution in [0.4, 0.5) is 0 Å². The van der Waals surface area contributed by atoms with Crippen molar-refractivity contribution in [3.05, 3.63) is 71.8 Å². The van der Waals surface area contributed by atoms with Crippen molar-refractivity contribution in [2.24, 2.45) is 11.8 Å². The van der Waals surface area contributed by atoms with Gasteiger partial charge in [0, 0.05) is 0 Å². The second kappa shape index (κ2) is 14.4. The van der Waals surface area contributed by atoms with Gasteiger partial charge in [0.25, 0.3) is 0 Å². The maximum Gasteiger partial charge on any atom is 0.338 e. The Balaban J connectivity index is 1.93. The molecular weight excluding hydrogens is 388 g/mol. The maximum atomic E-state index is 12.4. The van der Waals surface area contributed by atoms with Gasteiger partial charge in [-0.1, -0.05) is 75.9 Å². The van der Waals surface area contributed by atoms with E-state index in [9.17, 15) is 9.59 Å². The molecule has 4 nitrogen and oxygen atoms in total. The van der Waals surface area contributed by atoms with Gasteiger partial charge in [-0.05, 0) is 55.4 Å². The van der Waals surface area contributed by atoms with Gasteiger partial charge in [0.15, 0.2) is 0 Å². The number of ether oxygens (including phenoxy) is 2. The van der Waals surface area contributed by atoms with Crippen LogP contribution < -0.4 is 0 Å². The molecule has 31 heavy (non-hydrogen) atoms. The van der Waals surface area contributed by atoms with E-state index in [1.807, 2.05) is 36.4 Å². The molecule has 0 aromatic heterocycles. The summed E-state index contributed by atoms with van der Waals surface area (Å²) in [5.41, 5.74) is 1.16. The van der Waals surface area contributed by atoms with Gasteiger partial charge in [-0.25, -0.2) is 9.59 Å². The molecule has 0 heterocycles. The van der Waals surface area contributed by atoms with Crippen molar-refractivity contribution in [3.8, 4) is 0 Å². The minimum Gasteiger partial charge on any atom is -0.462 e. The first-order chi connectivity index (χ1) is 15.1.